The number of hydrogen-bond donors (Lipinski definition) is 1. The van der Waals surface area contributed by atoms with Crippen LogP contribution in [0.5, 0.6) is 5.75 Å². The van der Waals surface area contributed by atoms with Crippen LogP contribution in [0.25, 0.3) is 0 Å². The number of thioether (sulfide) groups is 1. The van der Waals surface area contributed by atoms with Crippen LogP contribution in [0.3, 0.4) is 0 Å². The van der Waals surface area contributed by atoms with Crippen LogP contribution in [0.2, 0.25) is 0 Å². The van der Waals surface area contributed by atoms with Crippen molar-refractivity contribution in [2.24, 2.45) is 5.92 Å². The smallest absolute Gasteiger partial charge is 0.124 e. The van der Waals surface area contributed by atoms with Crippen molar-refractivity contribution in [3.05, 3.63) is 29.8 Å². The highest BCUT2D eigenvalue weighted by atomic mass is 32.2. The molecule has 0 spiro atoms. The molecule has 2 rings (SSSR count). The highest BCUT2D eigenvalue weighted by molar-refractivity contribution is 7.99. The summed E-state index contributed by atoms with van der Waals surface area (Å²) in [7, 11) is 0. The quantitative estimate of drug-likeness (QED) is 0.811. The molecule has 20 heavy (non-hydrogen) atoms. The zero-order valence-electron chi connectivity index (χ0n) is 12.9. The van der Waals surface area contributed by atoms with E-state index in [0.29, 0.717) is 6.04 Å². The maximum Gasteiger partial charge on any atom is 0.124 e. The fourth-order valence-corrected chi connectivity index (χ4v) is 4.04. The van der Waals surface area contributed by atoms with Gasteiger partial charge in [-0.25, -0.2) is 0 Å². The van der Waals surface area contributed by atoms with Gasteiger partial charge in [-0.3, -0.25) is 0 Å². The highest BCUT2D eigenvalue weighted by Gasteiger charge is 2.28. The fraction of sp³-hybridized carbons (Fsp3) is 0.647. The summed E-state index contributed by atoms with van der Waals surface area (Å²) in [5.41, 5.74) is 1.34. The molecule has 0 aromatic heterocycles. The first-order valence-corrected chi connectivity index (χ1v) is 8.94. The van der Waals surface area contributed by atoms with Gasteiger partial charge < -0.3 is 10.1 Å². The summed E-state index contributed by atoms with van der Waals surface area (Å²) in [4.78, 5) is 0. The van der Waals surface area contributed by atoms with Crippen molar-refractivity contribution in [3.63, 3.8) is 0 Å². The van der Waals surface area contributed by atoms with Crippen molar-refractivity contribution >= 4 is 11.8 Å². The van der Waals surface area contributed by atoms with Gasteiger partial charge in [-0.2, -0.15) is 11.8 Å². The van der Waals surface area contributed by atoms with E-state index >= 15 is 0 Å². The third-order valence-electron chi connectivity index (χ3n) is 3.67. The van der Waals surface area contributed by atoms with E-state index in [9.17, 15) is 0 Å². The molecule has 1 N–H and O–H groups in total. The molecule has 1 fully saturated rings. The van der Waals surface area contributed by atoms with E-state index in [1.165, 1.54) is 29.9 Å². The molecule has 1 saturated heterocycles. The molecule has 2 nitrogen and oxygen atoms in total. The van der Waals surface area contributed by atoms with Crippen LogP contribution in [0.15, 0.2) is 24.3 Å². The van der Waals surface area contributed by atoms with Gasteiger partial charge in [0.05, 0.1) is 6.10 Å². The molecule has 0 radical (unpaired) electrons. The van der Waals surface area contributed by atoms with Gasteiger partial charge in [0.25, 0.3) is 0 Å². The number of para-hydroxylation sites is 1. The Morgan fingerprint density at radius 3 is 2.80 bits per heavy atom. The largest absolute Gasteiger partial charge is 0.491 e. The lowest BCUT2D eigenvalue weighted by Crippen LogP contribution is -2.29. The highest BCUT2D eigenvalue weighted by Crippen LogP contribution is 2.37. The molecule has 0 aliphatic carbocycles. The van der Waals surface area contributed by atoms with Crippen LogP contribution in [0.1, 0.15) is 45.2 Å². The average Bonchev–Trinajstić information content (AvgIpc) is 2.94. The summed E-state index contributed by atoms with van der Waals surface area (Å²) in [6, 6.07) is 8.97. The monoisotopic (exact) mass is 293 g/mol. The molecule has 1 aromatic carbocycles. The van der Waals surface area contributed by atoms with Gasteiger partial charge in [-0.15, -0.1) is 0 Å². The molecule has 3 heteroatoms. The molecular weight excluding hydrogens is 266 g/mol. The van der Waals surface area contributed by atoms with Crippen LogP contribution in [0, 0.1) is 5.92 Å². The number of rotatable bonds is 7. The lowest BCUT2D eigenvalue weighted by molar-refractivity contribution is 0.234. The van der Waals surface area contributed by atoms with E-state index in [2.05, 4.69) is 62.1 Å². The molecule has 2 atom stereocenters. The van der Waals surface area contributed by atoms with E-state index < -0.39 is 0 Å². The lowest BCUT2D eigenvalue weighted by atomic mass is 9.91. The first kappa shape index (κ1) is 15.7. The fourth-order valence-electron chi connectivity index (χ4n) is 2.74. The first-order chi connectivity index (χ1) is 9.72. The Balaban J connectivity index is 2.22. The van der Waals surface area contributed by atoms with Crippen LogP contribution >= 0.6 is 11.8 Å². The van der Waals surface area contributed by atoms with E-state index in [1.807, 2.05) is 0 Å². The van der Waals surface area contributed by atoms with E-state index in [4.69, 9.17) is 4.74 Å². The Labute approximate surface area is 127 Å². The van der Waals surface area contributed by atoms with Gasteiger partial charge in [0.1, 0.15) is 5.75 Å². The maximum absolute atomic E-state index is 6.02. The molecule has 0 saturated carbocycles. The van der Waals surface area contributed by atoms with Gasteiger partial charge >= 0.3 is 0 Å². The zero-order valence-corrected chi connectivity index (χ0v) is 13.7. The number of ether oxygens (including phenoxy) is 1. The second-order valence-electron chi connectivity index (χ2n) is 5.76. The normalized spacial score (nSPS) is 20.3. The Kier molecular flexibility index (Phi) is 6.24. The molecule has 1 aliphatic rings. The summed E-state index contributed by atoms with van der Waals surface area (Å²) in [5, 5.41) is 3.75. The van der Waals surface area contributed by atoms with Crippen molar-refractivity contribution in [1.82, 2.24) is 5.32 Å². The van der Waals surface area contributed by atoms with Gasteiger partial charge in [0.15, 0.2) is 0 Å². The van der Waals surface area contributed by atoms with E-state index in [-0.39, 0.29) is 6.10 Å². The zero-order chi connectivity index (χ0) is 14.4. The second-order valence-corrected chi connectivity index (χ2v) is 6.91. The number of hydrogen-bond acceptors (Lipinski definition) is 3. The predicted octanol–water partition coefficient (Wildman–Crippen LogP) is 4.27. The molecule has 0 bridgehead atoms. The van der Waals surface area contributed by atoms with Gasteiger partial charge in [0.2, 0.25) is 0 Å². The van der Waals surface area contributed by atoms with Crippen molar-refractivity contribution in [3.8, 4) is 5.75 Å². The summed E-state index contributed by atoms with van der Waals surface area (Å²) < 4.78 is 6.02. The van der Waals surface area contributed by atoms with Crippen molar-refractivity contribution in [1.29, 1.82) is 0 Å². The maximum atomic E-state index is 6.02. The van der Waals surface area contributed by atoms with Crippen LogP contribution < -0.4 is 10.1 Å². The summed E-state index contributed by atoms with van der Waals surface area (Å²) in [5.74, 6) is 4.33. The van der Waals surface area contributed by atoms with Gasteiger partial charge in [-0.05, 0) is 56.7 Å². The van der Waals surface area contributed by atoms with Crippen LogP contribution in [-0.4, -0.2) is 24.2 Å². The SMILES string of the molecule is CCCNC(c1ccccc1OC(C)C)C1CCSC1. The van der Waals surface area contributed by atoms with Crippen molar-refractivity contribution in [2.75, 3.05) is 18.1 Å². The molecule has 1 aliphatic heterocycles. The van der Waals surface area contributed by atoms with Gasteiger partial charge in [0, 0.05) is 11.6 Å². The van der Waals surface area contributed by atoms with Crippen LogP contribution in [0.4, 0.5) is 0 Å². The Hall–Kier alpha value is -0.670. The van der Waals surface area contributed by atoms with E-state index in [1.54, 1.807) is 0 Å². The molecule has 112 valence electrons. The second kappa shape index (κ2) is 7.94. The third-order valence-corrected chi connectivity index (χ3v) is 4.86. The molecule has 1 aromatic rings. The van der Waals surface area contributed by atoms with Crippen molar-refractivity contribution in [2.45, 2.75) is 45.8 Å². The third kappa shape index (κ3) is 4.16. The van der Waals surface area contributed by atoms with Crippen LogP contribution in [-0.2, 0) is 0 Å². The summed E-state index contributed by atoms with van der Waals surface area (Å²) >= 11 is 2.08. The van der Waals surface area contributed by atoms with Crippen molar-refractivity contribution < 1.29 is 4.74 Å². The topological polar surface area (TPSA) is 21.3 Å². The number of nitrogens with one attached hydrogen (secondary N) is 1. The van der Waals surface area contributed by atoms with E-state index in [0.717, 1.165) is 18.2 Å². The molecular formula is C17H27NOS. The minimum absolute atomic E-state index is 0.223. The molecule has 1 heterocycles. The summed E-state index contributed by atoms with van der Waals surface area (Å²) in [6.07, 6.45) is 2.70. The first-order valence-electron chi connectivity index (χ1n) is 7.79. The lowest BCUT2D eigenvalue weighted by Gasteiger charge is -2.27. The Morgan fingerprint density at radius 1 is 1.35 bits per heavy atom. The predicted molar refractivity (Wildman–Crippen MR) is 88.7 cm³/mol. The number of benzene rings is 1. The minimum atomic E-state index is 0.223. The average molecular weight is 293 g/mol. The standard InChI is InChI=1S/C17H27NOS/c1-4-10-18-17(14-9-11-20-12-14)15-7-5-6-8-16(15)19-13(2)3/h5-8,13-14,17-18H,4,9-12H2,1-3H3. The molecule has 0 amide bonds. The van der Waals surface area contributed by atoms with Gasteiger partial charge in [-0.1, -0.05) is 25.1 Å². The minimum Gasteiger partial charge on any atom is -0.491 e. The Bertz CT molecular complexity index is 402. The Morgan fingerprint density at radius 2 is 2.15 bits per heavy atom. The summed E-state index contributed by atoms with van der Waals surface area (Å²) in [6.45, 7) is 7.49. The molecule has 2 unspecified atom stereocenters.